The first-order chi connectivity index (χ1) is 16.0. The third-order valence-electron chi connectivity index (χ3n) is 5.56. The molecular weight excluding hydrogens is 450 g/mol. The largest absolute Gasteiger partial charge is 0.363 e. The van der Waals surface area contributed by atoms with E-state index in [1.807, 2.05) is 37.7 Å². The van der Waals surface area contributed by atoms with Gasteiger partial charge in [-0.3, -0.25) is 0 Å². The number of anilines is 1. The fraction of sp³-hybridized carbons (Fsp3) is 0.154. The molecule has 0 aliphatic rings. The molecule has 1 N–H and O–H groups in total. The molecule has 1 atom stereocenters. The van der Waals surface area contributed by atoms with E-state index in [9.17, 15) is 0 Å². The van der Waals surface area contributed by atoms with Crippen LogP contribution in [0.5, 0.6) is 0 Å². The summed E-state index contributed by atoms with van der Waals surface area (Å²) in [6.07, 6.45) is 1.81. The summed E-state index contributed by atoms with van der Waals surface area (Å²) in [5, 5.41) is 4.08. The molecule has 0 spiro atoms. The second-order valence-electron chi connectivity index (χ2n) is 8.04. The zero-order valence-corrected chi connectivity index (χ0v) is 20.1. The van der Waals surface area contributed by atoms with Gasteiger partial charge >= 0.3 is 0 Å². The molecule has 5 aromatic rings. The highest BCUT2D eigenvalue weighted by Crippen LogP contribution is 2.29. The molecule has 0 aliphatic carbocycles. The van der Waals surface area contributed by atoms with E-state index in [0.717, 1.165) is 55.4 Å². The molecule has 2 aromatic carbocycles. The summed E-state index contributed by atoms with van der Waals surface area (Å²) in [4.78, 5) is 17.9. The zero-order chi connectivity index (χ0) is 22.9. The minimum atomic E-state index is 0.0532. The van der Waals surface area contributed by atoms with Crippen molar-refractivity contribution in [1.82, 2.24) is 19.9 Å². The van der Waals surface area contributed by atoms with E-state index >= 15 is 0 Å². The predicted octanol–water partition coefficient (Wildman–Crippen LogP) is 7.26. The second-order valence-corrected chi connectivity index (χ2v) is 9.29. The maximum absolute atomic E-state index is 6.10. The molecule has 3 aromatic heterocycles. The summed E-state index contributed by atoms with van der Waals surface area (Å²) in [6.45, 7) is 6.01. The quantitative estimate of drug-likeness (QED) is 0.273. The van der Waals surface area contributed by atoms with Crippen molar-refractivity contribution in [2.24, 2.45) is 0 Å². The van der Waals surface area contributed by atoms with Crippen LogP contribution in [0.4, 0.5) is 5.82 Å². The lowest BCUT2D eigenvalue weighted by molar-refractivity contribution is 0.868. The van der Waals surface area contributed by atoms with Crippen LogP contribution in [0.3, 0.4) is 0 Å². The van der Waals surface area contributed by atoms with Gasteiger partial charge in [-0.15, -0.1) is 11.3 Å². The van der Waals surface area contributed by atoms with Gasteiger partial charge < -0.3 is 5.32 Å². The predicted molar refractivity (Wildman–Crippen MR) is 137 cm³/mol. The molecule has 7 heteroatoms. The number of halogens is 1. The van der Waals surface area contributed by atoms with E-state index in [-0.39, 0.29) is 6.04 Å². The van der Waals surface area contributed by atoms with Gasteiger partial charge in [0.05, 0.1) is 21.4 Å². The van der Waals surface area contributed by atoms with Gasteiger partial charge in [0, 0.05) is 29.4 Å². The number of fused-ring (bicyclic) bond motifs is 1. The Morgan fingerprint density at radius 2 is 1.79 bits per heavy atom. The molecule has 0 bridgehead atoms. The summed E-state index contributed by atoms with van der Waals surface area (Å²) in [6, 6.07) is 18.8. The van der Waals surface area contributed by atoms with E-state index in [1.54, 1.807) is 11.3 Å². The van der Waals surface area contributed by atoms with Crippen LogP contribution in [-0.2, 0) is 0 Å². The minimum absolute atomic E-state index is 0.0532. The molecule has 0 fully saturated rings. The molecule has 0 aliphatic heterocycles. The van der Waals surface area contributed by atoms with Gasteiger partial charge in [-0.2, -0.15) is 0 Å². The van der Waals surface area contributed by atoms with Gasteiger partial charge in [0.1, 0.15) is 16.8 Å². The number of pyridine rings is 1. The van der Waals surface area contributed by atoms with Crippen LogP contribution in [-0.4, -0.2) is 19.9 Å². The Kier molecular flexibility index (Phi) is 5.79. The van der Waals surface area contributed by atoms with Crippen LogP contribution in [0.2, 0.25) is 5.15 Å². The number of hydrogen-bond donors (Lipinski definition) is 1. The summed E-state index contributed by atoms with van der Waals surface area (Å²) in [5.41, 5.74) is 9.09. The Balaban J connectivity index is 1.42. The number of hydrogen-bond acceptors (Lipinski definition) is 6. The number of aryl methyl sites for hydroxylation is 2. The molecule has 0 saturated heterocycles. The fourth-order valence-electron chi connectivity index (χ4n) is 3.81. The zero-order valence-electron chi connectivity index (χ0n) is 18.5. The molecular formula is C26H22ClN5S. The Labute approximate surface area is 201 Å². The maximum atomic E-state index is 6.10. The maximum Gasteiger partial charge on any atom is 0.131 e. The van der Waals surface area contributed by atoms with Crippen LogP contribution in [0.1, 0.15) is 29.9 Å². The standard InChI is InChI=1S/C26H22ClN5S/c1-15-9-21(13-28-26(15)27)19-6-4-5-18(10-19)16(2)30-25-12-23(31-17(3)32-25)20-7-8-22-24(11-20)33-14-29-22/h4-14,16H,1-3H3,(H,30,31,32). The first kappa shape index (κ1) is 21.5. The average Bonchev–Trinajstić information content (AvgIpc) is 3.28. The Morgan fingerprint density at radius 3 is 2.64 bits per heavy atom. The van der Waals surface area contributed by atoms with Crippen molar-refractivity contribution in [2.75, 3.05) is 5.32 Å². The van der Waals surface area contributed by atoms with Gasteiger partial charge in [0.2, 0.25) is 0 Å². The smallest absolute Gasteiger partial charge is 0.131 e. The van der Waals surface area contributed by atoms with Gasteiger partial charge in [0.25, 0.3) is 0 Å². The summed E-state index contributed by atoms with van der Waals surface area (Å²) >= 11 is 7.73. The number of benzene rings is 2. The van der Waals surface area contributed by atoms with Crippen LogP contribution in [0, 0.1) is 13.8 Å². The van der Waals surface area contributed by atoms with Gasteiger partial charge in [-0.1, -0.05) is 35.9 Å². The summed E-state index contributed by atoms with van der Waals surface area (Å²) < 4.78 is 1.15. The Bertz CT molecular complexity index is 1460. The lowest BCUT2D eigenvalue weighted by Crippen LogP contribution is -2.09. The lowest BCUT2D eigenvalue weighted by Gasteiger charge is -2.17. The topological polar surface area (TPSA) is 63.6 Å². The van der Waals surface area contributed by atoms with Crippen molar-refractivity contribution in [3.8, 4) is 22.4 Å². The summed E-state index contributed by atoms with van der Waals surface area (Å²) in [5.74, 6) is 1.52. The van der Waals surface area contributed by atoms with Crippen molar-refractivity contribution in [3.05, 3.63) is 88.4 Å². The van der Waals surface area contributed by atoms with Crippen LogP contribution < -0.4 is 5.32 Å². The molecule has 5 rings (SSSR count). The molecule has 1 unspecified atom stereocenters. The number of aromatic nitrogens is 4. The lowest BCUT2D eigenvalue weighted by atomic mass is 10.0. The van der Waals surface area contributed by atoms with Gasteiger partial charge in [-0.05, 0) is 61.7 Å². The van der Waals surface area contributed by atoms with E-state index in [4.69, 9.17) is 11.6 Å². The monoisotopic (exact) mass is 471 g/mol. The second kappa shape index (κ2) is 8.89. The third-order valence-corrected chi connectivity index (χ3v) is 6.75. The van der Waals surface area contributed by atoms with Gasteiger partial charge in [0.15, 0.2) is 0 Å². The number of nitrogens with one attached hydrogen (secondary N) is 1. The minimum Gasteiger partial charge on any atom is -0.363 e. The van der Waals surface area contributed by atoms with Crippen LogP contribution in [0.15, 0.2) is 66.3 Å². The highest BCUT2D eigenvalue weighted by atomic mass is 35.5. The summed E-state index contributed by atoms with van der Waals surface area (Å²) in [7, 11) is 0. The van der Waals surface area contributed by atoms with Crippen molar-refractivity contribution in [2.45, 2.75) is 26.8 Å². The number of nitrogens with zero attached hydrogens (tertiary/aromatic N) is 4. The Hall–Kier alpha value is -3.35. The van der Waals surface area contributed by atoms with E-state index in [0.29, 0.717) is 5.15 Å². The molecule has 164 valence electrons. The number of rotatable bonds is 5. The molecule has 0 saturated carbocycles. The SMILES string of the molecule is Cc1nc(NC(C)c2cccc(-c3cnc(Cl)c(C)c3)c2)cc(-c2ccc3ncsc3c2)n1. The third kappa shape index (κ3) is 4.58. The van der Waals surface area contributed by atoms with E-state index in [1.165, 1.54) is 0 Å². The Morgan fingerprint density at radius 1 is 0.909 bits per heavy atom. The molecule has 0 radical (unpaired) electrons. The van der Waals surface area contributed by atoms with E-state index in [2.05, 4.69) is 74.6 Å². The van der Waals surface area contributed by atoms with Crippen molar-refractivity contribution in [3.63, 3.8) is 0 Å². The molecule has 0 amide bonds. The normalized spacial score (nSPS) is 12.1. The van der Waals surface area contributed by atoms with Crippen LogP contribution in [0.25, 0.3) is 32.6 Å². The van der Waals surface area contributed by atoms with Crippen molar-refractivity contribution < 1.29 is 0 Å². The first-order valence-electron chi connectivity index (χ1n) is 10.6. The van der Waals surface area contributed by atoms with Gasteiger partial charge in [-0.25, -0.2) is 19.9 Å². The highest BCUT2D eigenvalue weighted by Gasteiger charge is 2.12. The van der Waals surface area contributed by atoms with Crippen molar-refractivity contribution >= 4 is 39.0 Å². The molecule has 33 heavy (non-hydrogen) atoms. The average molecular weight is 472 g/mol. The van der Waals surface area contributed by atoms with Crippen LogP contribution >= 0.6 is 22.9 Å². The molecule has 3 heterocycles. The molecule has 5 nitrogen and oxygen atoms in total. The fourth-order valence-corrected chi connectivity index (χ4v) is 4.63. The van der Waals surface area contributed by atoms with Crippen molar-refractivity contribution in [1.29, 1.82) is 0 Å². The van der Waals surface area contributed by atoms with E-state index < -0.39 is 0 Å². The number of thiazole rings is 1. The first-order valence-corrected chi connectivity index (χ1v) is 11.9. The highest BCUT2D eigenvalue weighted by molar-refractivity contribution is 7.16.